The van der Waals surface area contributed by atoms with Crippen molar-refractivity contribution in [3.63, 3.8) is 0 Å². The van der Waals surface area contributed by atoms with Gasteiger partial charge in [0, 0.05) is 33.8 Å². The second kappa shape index (κ2) is 9.16. The fourth-order valence-electron chi connectivity index (χ4n) is 1.87. The first-order chi connectivity index (χ1) is 9.02. The summed E-state index contributed by atoms with van der Waals surface area (Å²) >= 11 is 0. The van der Waals surface area contributed by atoms with E-state index in [1.165, 1.54) is 0 Å². The molecule has 0 bridgehead atoms. The van der Waals surface area contributed by atoms with Gasteiger partial charge in [-0.15, -0.1) is 17.0 Å². The minimum absolute atomic E-state index is 0. The number of nitrogens with zero attached hydrogens (tertiary/aromatic N) is 3. The number of hydrogen-bond donors (Lipinski definition) is 1. The summed E-state index contributed by atoms with van der Waals surface area (Å²) in [5.41, 5.74) is -0.409. The molecule has 1 saturated heterocycles. The Labute approximate surface area is 131 Å². The minimum atomic E-state index is -0.409. The van der Waals surface area contributed by atoms with Crippen LogP contribution in [-0.2, 0) is 9.47 Å². The van der Waals surface area contributed by atoms with Crippen LogP contribution in [0.25, 0.3) is 0 Å². The van der Waals surface area contributed by atoms with E-state index in [9.17, 15) is 0 Å². The third-order valence-electron chi connectivity index (χ3n) is 2.99. The van der Waals surface area contributed by atoms with E-state index >= 15 is 0 Å². The van der Waals surface area contributed by atoms with Crippen LogP contribution in [0, 0.1) is 16.7 Å². The standard InChI is InChI=1S/C13H24N4O2.BrH/c1-13(2,9-14)10-16-12(15-3)17-5-6-19-11(7-17)8-18-4;/h11H,5-8,10H2,1-4H3,(H,15,16);1H. The number of nitrogens with one attached hydrogen (secondary N) is 1. The van der Waals surface area contributed by atoms with E-state index < -0.39 is 5.41 Å². The molecule has 0 radical (unpaired) electrons. The quantitative estimate of drug-likeness (QED) is 0.607. The molecule has 20 heavy (non-hydrogen) atoms. The number of halogens is 1. The maximum absolute atomic E-state index is 9.02. The molecule has 1 aliphatic rings. The first kappa shape index (κ1) is 19.2. The number of rotatable bonds is 4. The molecule has 0 saturated carbocycles. The van der Waals surface area contributed by atoms with E-state index in [1.54, 1.807) is 14.2 Å². The Hall–Kier alpha value is -0.840. The molecule has 7 heteroatoms. The van der Waals surface area contributed by atoms with Gasteiger partial charge in [-0.3, -0.25) is 4.99 Å². The zero-order chi connectivity index (χ0) is 14.3. The molecule has 0 aromatic carbocycles. The van der Waals surface area contributed by atoms with Crippen molar-refractivity contribution < 1.29 is 9.47 Å². The maximum atomic E-state index is 9.02. The van der Waals surface area contributed by atoms with Gasteiger partial charge >= 0.3 is 0 Å². The van der Waals surface area contributed by atoms with Crippen molar-refractivity contribution in [3.05, 3.63) is 0 Å². The Morgan fingerprint density at radius 3 is 2.85 bits per heavy atom. The fraction of sp³-hybridized carbons (Fsp3) is 0.846. The van der Waals surface area contributed by atoms with E-state index in [0.717, 1.165) is 19.0 Å². The Bertz CT molecular complexity index is 353. The predicted octanol–water partition coefficient (Wildman–Crippen LogP) is 1.04. The summed E-state index contributed by atoms with van der Waals surface area (Å²) in [6.45, 7) is 7.17. The van der Waals surface area contributed by atoms with E-state index in [2.05, 4.69) is 21.3 Å². The van der Waals surface area contributed by atoms with Gasteiger partial charge in [0.1, 0.15) is 0 Å². The summed E-state index contributed by atoms with van der Waals surface area (Å²) in [5.74, 6) is 0.813. The SMILES string of the molecule is Br.CN=C(NCC(C)(C)C#N)N1CCOC(COC)C1. The molecule has 0 aromatic rings. The molecule has 1 atom stereocenters. The molecule has 0 amide bonds. The Balaban J connectivity index is 0.00000361. The monoisotopic (exact) mass is 348 g/mol. The lowest BCUT2D eigenvalue weighted by Crippen LogP contribution is -2.52. The normalized spacial score (nSPS) is 20.1. The highest BCUT2D eigenvalue weighted by atomic mass is 79.9. The molecule has 0 aromatic heterocycles. The van der Waals surface area contributed by atoms with Gasteiger partial charge in [-0.25, -0.2) is 0 Å². The van der Waals surface area contributed by atoms with E-state index in [0.29, 0.717) is 19.8 Å². The van der Waals surface area contributed by atoms with E-state index in [1.807, 2.05) is 13.8 Å². The number of methoxy groups -OCH3 is 1. The molecule has 6 nitrogen and oxygen atoms in total. The van der Waals surface area contributed by atoms with Crippen LogP contribution in [0.1, 0.15) is 13.8 Å². The summed E-state index contributed by atoms with van der Waals surface area (Å²) < 4.78 is 10.7. The molecule has 0 spiro atoms. The second-order valence-electron chi connectivity index (χ2n) is 5.29. The highest BCUT2D eigenvalue weighted by Crippen LogP contribution is 2.11. The van der Waals surface area contributed by atoms with Crippen LogP contribution in [0.5, 0.6) is 0 Å². The van der Waals surface area contributed by atoms with Crippen LogP contribution in [0.3, 0.4) is 0 Å². The van der Waals surface area contributed by atoms with Crippen molar-refractivity contribution in [2.75, 3.05) is 47.0 Å². The summed E-state index contributed by atoms with van der Waals surface area (Å²) in [4.78, 5) is 6.41. The highest BCUT2D eigenvalue weighted by molar-refractivity contribution is 8.93. The average Bonchev–Trinajstić information content (AvgIpc) is 2.40. The molecule has 1 heterocycles. The van der Waals surface area contributed by atoms with Gasteiger partial charge in [-0.2, -0.15) is 5.26 Å². The van der Waals surface area contributed by atoms with Gasteiger partial charge in [0.25, 0.3) is 0 Å². The Morgan fingerprint density at radius 2 is 2.30 bits per heavy atom. The molecule has 116 valence electrons. The van der Waals surface area contributed by atoms with Gasteiger partial charge in [-0.05, 0) is 13.8 Å². The summed E-state index contributed by atoms with van der Waals surface area (Å²) in [5, 5.41) is 12.3. The lowest BCUT2D eigenvalue weighted by atomic mass is 9.96. The molecule has 1 aliphatic heterocycles. The first-order valence-corrected chi connectivity index (χ1v) is 6.50. The molecule has 1 N–H and O–H groups in total. The van der Waals surface area contributed by atoms with Gasteiger partial charge in [0.2, 0.25) is 0 Å². The number of nitriles is 1. The molecule has 1 unspecified atom stereocenters. The Morgan fingerprint density at radius 1 is 1.60 bits per heavy atom. The van der Waals surface area contributed by atoms with Crippen LogP contribution in [0.2, 0.25) is 0 Å². The molecular weight excluding hydrogens is 324 g/mol. The maximum Gasteiger partial charge on any atom is 0.193 e. The zero-order valence-corrected chi connectivity index (χ0v) is 14.4. The third kappa shape index (κ3) is 6.07. The van der Waals surface area contributed by atoms with Gasteiger partial charge in [-0.1, -0.05) is 0 Å². The van der Waals surface area contributed by atoms with Crippen molar-refractivity contribution in [2.24, 2.45) is 10.4 Å². The van der Waals surface area contributed by atoms with Crippen LogP contribution < -0.4 is 5.32 Å². The summed E-state index contributed by atoms with van der Waals surface area (Å²) in [7, 11) is 3.42. The largest absolute Gasteiger partial charge is 0.382 e. The predicted molar refractivity (Wildman–Crippen MR) is 84.3 cm³/mol. The zero-order valence-electron chi connectivity index (χ0n) is 12.7. The third-order valence-corrected chi connectivity index (χ3v) is 2.99. The van der Waals surface area contributed by atoms with Crippen molar-refractivity contribution in [1.82, 2.24) is 10.2 Å². The second-order valence-corrected chi connectivity index (χ2v) is 5.29. The first-order valence-electron chi connectivity index (χ1n) is 6.50. The van der Waals surface area contributed by atoms with Crippen molar-refractivity contribution >= 4 is 22.9 Å². The number of morpholine rings is 1. The van der Waals surface area contributed by atoms with Crippen molar-refractivity contribution in [1.29, 1.82) is 5.26 Å². The number of guanidine groups is 1. The van der Waals surface area contributed by atoms with Crippen LogP contribution in [-0.4, -0.2) is 64.0 Å². The minimum Gasteiger partial charge on any atom is -0.382 e. The highest BCUT2D eigenvalue weighted by Gasteiger charge is 2.24. The molecule has 1 rings (SSSR count). The summed E-state index contributed by atoms with van der Waals surface area (Å²) in [6.07, 6.45) is 0.0706. The average molecular weight is 349 g/mol. The molecule has 0 aliphatic carbocycles. The number of ether oxygens (including phenoxy) is 2. The van der Waals surface area contributed by atoms with Gasteiger partial charge < -0.3 is 19.7 Å². The van der Waals surface area contributed by atoms with Gasteiger partial charge in [0.15, 0.2) is 5.96 Å². The number of aliphatic imine (C=N–C) groups is 1. The van der Waals surface area contributed by atoms with Crippen molar-refractivity contribution in [2.45, 2.75) is 20.0 Å². The molecule has 1 fully saturated rings. The van der Waals surface area contributed by atoms with Crippen LogP contribution in [0.15, 0.2) is 4.99 Å². The topological polar surface area (TPSA) is 69.9 Å². The van der Waals surface area contributed by atoms with E-state index in [-0.39, 0.29) is 23.1 Å². The Kier molecular flexibility index (Phi) is 8.78. The lowest BCUT2D eigenvalue weighted by molar-refractivity contribution is -0.0447. The van der Waals surface area contributed by atoms with Crippen LogP contribution >= 0.6 is 17.0 Å². The van der Waals surface area contributed by atoms with E-state index in [4.69, 9.17) is 14.7 Å². The summed E-state index contributed by atoms with van der Waals surface area (Å²) in [6, 6.07) is 2.27. The number of hydrogen-bond acceptors (Lipinski definition) is 4. The molecular formula is C13H25BrN4O2. The fourth-order valence-corrected chi connectivity index (χ4v) is 1.87. The lowest BCUT2D eigenvalue weighted by Gasteiger charge is -2.35. The van der Waals surface area contributed by atoms with Crippen LogP contribution in [0.4, 0.5) is 0 Å². The van der Waals surface area contributed by atoms with Crippen molar-refractivity contribution in [3.8, 4) is 6.07 Å². The smallest absolute Gasteiger partial charge is 0.193 e. The van der Waals surface area contributed by atoms with Gasteiger partial charge in [0.05, 0.1) is 30.8 Å².